The van der Waals surface area contributed by atoms with Crippen molar-refractivity contribution in [3.63, 3.8) is 0 Å². The fourth-order valence-electron chi connectivity index (χ4n) is 5.09. The number of carbonyl (C=O) groups excluding carboxylic acids is 1. The van der Waals surface area contributed by atoms with Crippen molar-refractivity contribution in [1.82, 2.24) is 14.6 Å². The van der Waals surface area contributed by atoms with Crippen molar-refractivity contribution in [3.8, 4) is 0 Å². The van der Waals surface area contributed by atoms with Gasteiger partial charge >= 0.3 is 0 Å². The van der Waals surface area contributed by atoms with E-state index in [4.69, 9.17) is 0 Å². The third-order valence-corrected chi connectivity index (χ3v) is 8.34. The Morgan fingerprint density at radius 1 is 1.00 bits per heavy atom. The maximum Gasteiger partial charge on any atom is 0.253 e. The molecule has 1 fully saturated rings. The number of halogens is 2. The lowest BCUT2D eigenvalue weighted by molar-refractivity contribution is 0.0949. The molecule has 0 radical (unpaired) electrons. The number of carbonyl (C=O) groups is 1. The molecule has 9 heteroatoms. The summed E-state index contributed by atoms with van der Waals surface area (Å²) >= 11 is 0. The van der Waals surface area contributed by atoms with E-state index in [1.807, 2.05) is 41.8 Å². The molecule has 3 aromatic rings. The number of nitrogens with one attached hydrogen (secondary N) is 2. The smallest absolute Gasteiger partial charge is 0.253 e. The van der Waals surface area contributed by atoms with Gasteiger partial charge in [0.05, 0.1) is 5.56 Å². The van der Waals surface area contributed by atoms with Crippen LogP contribution in [0.2, 0.25) is 0 Å². The highest BCUT2D eigenvalue weighted by atomic mass is 32.2. The van der Waals surface area contributed by atoms with E-state index in [0.717, 1.165) is 61.9 Å². The van der Waals surface area contributed by atoms with Gasteiger partial charge in [-0.2, -0.15) is 0 Å². The van der Waals surface area contributed by atoms with Gasteiger partial charge < -0.3 is 9.88 Å². The van der Waals surface area contributed by atoms with Crippen molar-refractivity contribution < 1.29 is 22.0 Å². The van der Waals surface area contributed by atoms with Crippen molar-refractivity contribution in [2.24, 2.45) is 0 Å². The van der Waals surface area contributed by atoms with Crippen LogP contribution in [0.25, 0.3) is 0 Å². The minimum atomic E-state index is -3.62. The van der Waals surface area contributed by atoms with Gasteiger partial charge in [-0.3, -0.25) is 4.79 Å². The zero-order chi connectivity index (χ0) is 27.1. The first kappa shape index (κ1) is 28.0. The first-order chi connectivity index (χ1) is 18.3. The molecule has 1 saturated carbocycles. The third-order valence-electron chi connectivity index (χ3n) is 7.02. The Bertz CT molecular complexity index is 1350. The Morgan fingerprint density at radius 3 is 2.42 bits per heavy atom. The van der Waals surface area contributed by atoms with E-state index < -0.39 is 21.7 Å². The summed E-state index contributed by atoms with van der Waals surface area (Å²) in [5.74, 6) is -2.38. The molecule has 1 aliphatic carbocycles. The highest BCUT2D eigenvalue weighted by Gasteiger charge is 2.30. The minimum absolute atomic E-state index is 0.0240. The fourth-order valence-corrected chi connectivity index (χ4v) is 6.28. The van der Waals surface area contributed by atoms with Gasteiger partial charge in [0, 0.05) is 36.9 Å². The van der Waals surface area contributed by atoms with Crippen LogP contribution in [0.15, 0.2) is 54.6 Å². The Balaban J connectivity index is 1.70. The zero-order valence-corrected chi connectivity index (χ0v) is 22.5. The second kappa shape index (κ2) is 12.7. The normalized spacial score (nSPS) is 14.2. The van der Waals surface area contributed by atoms with Crippen LogP contribution in [-0.4, -0.2) is 25.4 Å². The summed E-state index contributed by atoms with van der Waals surface area (Å²) in [7, 11) is -3.62. The number of amides is 1. The van der Waals surface area contributed by atoms with Gasteiger partial charge in [-0.05, 0) is 48.6 Å². The summed E-state index contributed by atoms with van der Waals surface area (Å²) in [6, 6.07) is 15.0. The monoisotopic (exact) mass is 543 g/mol. The van der Waals surface area contributed by atoms with Crippen molar-refractivity contribution in [2.75, 3.05) is 6.54 Å². The highest BCUT2D eigenvalue weighted by Crippen LogP contribution is 2.38. The average Bonchev–Trinajstić information content (AvgIpc) is 3.53. The standard InChI is InChI=1S/C29H35F2N3O3S/c1-2-3-15-33-38(36,37)20-24-17-25(29(35)32-18-22-13-14-26(30)27(31)16-22)28(23-11-7-8-12-23)34(24)19-21-9-5-4-6-10-21/h4-6,9-10,13-14,16-17,23,33H,2-3,7-8,11-12,15,18-20H2,1H3,(H,32,35). The molecule has 2 aromatic carbocycles. The molecule has 1 aliphatic rings. The number of aromatic nitrogens is 1. The fraction of sp³-hybridized carbons (Fsp3) is 0.414. The van der Waals surface area contributed by atoms with Crippen LogP contribution in [0.3, 0.4) is 0 Å². The lowest BCUT2D eigenvalue weighted by Crippen LogP contribution is -2.27. The maximum absolute atomic E-state index is 13.7. The third kappa shape index (κ3) is 7.08. The predicted octanol–water partition coefficient (Wildman–Crippen LogP) is 5.62. The van der Waals surface area contributed by atoms with Crippen LogP contribution in [0, 0.1) is 11.6 Å². The lowest BCUT2D eigenvalue weighted by Gasteiger charge is -2.19. The Hall–Kier alpha value is -3.04. The Kier molecular flexibility index (Phi) is 9.33. The van der Waals surface area contributed by atoms with E-state index >= 15 is 0 Å². The van der Waals surface area contributed by atoms with E-state index in [2.05, 4.69) is 10.0 Å². The number of sulfonamides is 1. The van der Waals surface area contributed by atoms with Gasteiger partial charge in [-0.1, -0.05) is 62.6 Å². The largest absolute Gasteiger partial charge is 0.348 e. The number of rotatable bonds is 12. The quantitative estimate of drug-likeness (QED) is 0.291. The summed E-state index contributed by atoms with van der Waals surface area (Å²) in [6.07, 6.45) is 5.55. The highest BCUT2D eigenvalue weighted by molar-refractivity contribution is 7.88. The molecular formula is C29H35F2N3O3S. The molecule has 0 atom stereocenters. The number of hydrogen-bond acceptors (Lipinski definition) is 3. The number of unbranched alkanes of at least 4 members (excludes halogenated alkanes) is 1. The van der Waals surface area contributed by atoms with Crippen molar-refractivity contribution in [3.05, 3.63) is 94.3 Å². The van der Waals surface area contributed by atoms with Crippen molar-refractivity contribution in [1.29, 1.82) is 0 Å². The van der Waals surface area contributed by atoms with Gasteiger partial charge in [0.25, 0.3) is 5.91 Å². The van der Waals surface area contributed by atoms with Gasteiger partial charge in [0.1, 0.15) is 5.75 Å². The molecule has 1 aromatic heterocycles. The average molecular weight is 544 g/mol. The molecule has 4 rings (SSSR count). The van der Waals surface area contributed by atoms with E-state index in [0.29, 0.717) is 29.9 Å². The second-order valence-corrected chi connectivity index (χ2v) is 11.7. The van der Waals surface area contributed by atoms with Crippen LogP contribution >= 0.6 is 0 Å². The first-order valence-corrected chi connectivity index (χ1v) is 14.9. The summed E-state index contributed by atoms with van der Waals surface area (Å²) in [5.41, 5.74) is 3.28. The topological polar surface area (TPSA) is 80.2 Å². The molecule has 204 valence electrons. The molecule has 1 amide bonds. The van der Waals surface area contributed by atoms with E-state index in [1.54, 1.807) is 6.07 Å². The predicted molar refractivity (Wildman–Crippen MR) is 144 cm³/mol. The van der Waals surface area contributed by atoms with Crippen LogP contribution in [0.5, 0.6) is 0 Å². The molecule has 1 heterocycles. The number of benzene rings is 2. The van der Waals surface area contributed by atoms with Gasteiger partial charge in [-0.25, -0.2) is 21.9 Å². The van der Waals surface area contributed by atoms with E-state index in [9.17, 15) is 22.0 Å². The molecular weight excluding hydrogens is 508 g/mol. The summed E-state index contributed by atoms with van der Waals surface area (Å²) in [5, 5.41) is 2.83. The Morgan fingerprint density at radius 2 is 1.74 bits per heavy atom. The van der Waals surface area contributed by atoms with Crippen molar-refractivity contribution >= 4 is 15.9 Å². The number of hydrogen-bond donors (Lipinski definition) is 2. The van der Waals surface area contributed by atoms with Crippen LogP contribution in [0.1, 0.15) is 84.2 Å². The van der Waals surface area contributed by atoms with E-state index in [-0.39, 0.29) is 24.1 Å². The summed E-state index contributed by atoms with van der Waals surface area (Å²) < 4.78 is 57.6. The first-order valence-electron chi connectivity index (χ1n) is 13.2. The molecule has 0 saturated heterocycles. The molecule has 0 unspecified atom stereocenters. The van der Waals surface area contributed by atoms with Crippen LogP contribution < -0.4 is 10.0 Å². The zero-order valence-electron chi connectivity index (χ0n) is 21.7. The lowest BCUT2D eigenvalue weighted by atomic mass is 9.99. The minimum Gasteiger partial charge on any atom is -0.348 e. The molecule has 6 nitrogen and oxygen atoms in total. The maximum atomic E-state index is 13.7. The van der Waals surface area contributed by atoms with Crippen LogP contribution in [-0.2, 0) is 28.9 Å². The SMILES string of the molecule is CCCCNS(=O)(=O)Cc1cc(C(=O)NCc2ccc(F)c(F)c2)c(C2CCCC2)n1Cc1ccccc1. The molecule has 0 aliphatic heterocycles. The van der Waals surface area contributed by atoms with E-state index in [1.165, 1.54) is 6.07 Å². The number of nitrogens with zero attached hydrogens (tertiary/aromatic N) is 1. The molecule has 0 spiro atoms. The summed E-state index contributed by atoms with van der Waals surface area (Å²) in [6.45, 7) is 2.84. The Labute approximate surface area is 223 Å². The van der Waals surface area contributed by atoms with Gasteiger partial charge in [0.2, 0.25) is 10.0 Å². The second-order valence-electron chi connectivity index (χ2n) is 9.93. The van der Waals surface area contributed by atoms with Crippen LogP contribution in [0.4, 0.5) is 8.78 Å². The van der Waals surface area contributed by atoms with Gasteiger partial charge in [-0.15, -0.1) is 0 Å². The molecule has 0 bridgehead atoms. The van der Waals surface area contributed by atoms with Gasteiger partial charge in [0.15, 0.2) is 11.6 Å². The van der Waals surface area contributed by atoms with Crippen molar-refractivity contribution in [2.45, 2.75) is 70.2 Å². The molecule has 2 N–H and O–H groups in total. The summed E-state index contributed by atoms with van der Waals surface area (Å²) in [4.78, 5) is 13.5. The molecule has 38 heavy (non-hydrogen) atoms.